The number of rotatable bonds is 6. The average molecular weight is 450 g/mol. The first-order valence-corrected chi connectivity index (χ1v) is 9.16. The molecule has 0 aliphatic rings. The predicted octanol–water partition coefficient (Wildman–Crippen LogP) is 5.40. The van der Waals surface area contributed by atoms with E-state index < -0.39 is 0 Å². The van der Waals surface area contributed by atoms with Crippen LogP contribution < -0.4 is 5.32 Å². The molecule has 1 nitrogen and oxygen atoms in total. The fourth-order valence-electron chi connectivity index (χ4n) is 2.03. The summed E-state index contributed by atoms with van der Waals surface area (Å²) in [6.07, 6.45) is 2.21. The van der Waals surface area contributed by atoms with Gasteiger partial charge in [0.05, 0.1) is 0 Å². The van der Waals surface area contributed by atoms with Crippen molar-refractivity contribution in [3.05, 3.63) is 54.2 Å². The van der Waals surface area contributed by atoms with Crippen molar-refractivity contribution in [2.45, 2.75) is 25.8 Å². The van der Waals surface area contributed by atoms with Gasteiger partial charge in [0.25, 0.3) is 0 Å². The lowest BCUT2D eigenvalue weighted by atomic mass is 10.0. The van der Waals surface area contributed by atoms with E-state index in [0.29, 0.717) is 6.04 Å². The highest BCUT2D eigenvalue weighted by molar-refractivity contribution is 14.1. The van der Waals surface area contributed by atoms with E-state index in [1.165, 1.54) is 18.5 Å². The number of thiophene rings is 1. The van der Waals surface area contributed by atoms with Crippen molar-refractivity contribution < 1.29 is 0 Å². The zero-order valence-electron chi connectivity index (χ0n) is 10.8. The average Bonchev–Trinajstić information content (AvgIpc) is 2.81. The summed E-state index contributed by atoms with van der Waals surface area (Å²) in [5.74, 6) is 0. The molecular formula is C15H17BrINS. The van der Waals surface area contributed by atoms with Crippen LogP contribution in [0.3, 0.4) is 0 Å². The van der Waals surface area contributed by atoms with Crippen LogP contribution in [0.5, 0.6) is 0 Å². The molecule has 0 saturated heterocycles. The van der Waals surface area contributed by atoms with E-state index in [9.17, 15) is 0 Å². The topological polar surface area (TPSA) is 12.0 Å². The minimum atomic E-state index is 0.401. The van der Waals surface area contributed by atoms with Gasteiger partial charge in [-0.25, -0.2) is 0 Å². The van der Waals surface area contributed by atoms with Gasteiger partial charge in [0.2, 0.25) is 0 Å². The lowest BCUT2D eigenvalue weighted by Gasteiger charge is -2.19. The molecule has 2 aromatic rings. The van der Waals surface area contributed by atoms with Crippen LogP contribution >= 0.6 is 49.9 Å². The molecule has 0 fully saturated rings. The summed E-state index contributed by atoms with van der Waals surface area (Å²) in [7, 11) is 0. The Morgan fingerprint density at radius 3 is 2.79 bits per heavy atom. The smallest absolute Gasteiger partial charge is 0.0379 e. The standard InChI is InChI=1S/C15H17BrINS/c1-2-7-18-15(9-12-8-11(16)10-19-12)13-5-3-4-6-14(13)17/h3-6,8,10,15,18H,2,7,9H2,1H3. The van der Waals surface area contributed by atoms with E-state index in [1.807, 2.05) is 11.3 Å². The molecule has 102 valence electrons. The number of halogens is 2. The Kier molecular flexibility index (Phi) is 6.32. The molecule has 0 radical (unpaired) electrons. The normalized spacial score (nSPS) is 12.6. The summed E-state index contributed by atoms with van der Waals surface area (Å²) in [5, 5.41) is 5.83. The first-order chi connectivity index (χ1) is 9.20. The molecule has 1 heterocycles. The fraction of sp³-hybridized carbons (Fsp3) is 0.333. The number of hydrogen-bond donors (Lipinski definition) is 1. The second-order valence-electron chi connectivity index (χ2n) is 4.46. The van der Waals surface area contributed by atoms with Crippen LogP contribution in [0.4, 0.5) is 0 Å². The Hall–Kier alpha value is 0.0900. The van der Waals surface area contributed by atoms with Gasteiger partial charge < -0.3 is 5.32 Å². The molecule has 0 aliphatic heterocycles. The quantitative estimate of drug-likeness (QED) is 0.582. The van der Waals surface area contributed by atoms with Crippen LogP contribution in [0.15, 0.2) is 40.2 Å². The molecule has 19 heavy (non-hydrogen) atoms. The minimum absolute atomic E-state index is 0.401. The third-order valence-corrected chi connectivity index (χ3v) is 5.65. The molecule has 2 rings (SSSR count). The van der Waals surface area contributed by atoms with E-state index in [0.717, 1.165) is 19.4 Å². The molecule has 1 unspecified atom stereocenters. The Morgan fingerprint density at radius 2 is 2.16 bits per heavy atom. The summed E-state index contributed by atoms with van der Waals surface area (Å²) in [6.45, 7) is 3.27. The molecule has 0 aliphatic carbocycles. The highest BCUT2D eigenvalue weighted by Crippen LogP contribution is 2.27. The van der Waals surface area contributed by atoms with Crippen LogP contribution in [-0.4, -0.2) is 6.54 Å². The second kappa shape index (κ2) is 7.76. The monoisotopic (exact) mass is 449 g/mol. The summed E-state index contributed by atoms with van der Waals surface area (Å²) in [6, 6.07) is 11.3. The first kappa shape index (κ1) is 15.5. The molecule has 1 aromatic carbocycles. The zero-order valence-corrected chi connectivity index (χ0v) is 15.4. The van der Waals surface area contributed by atoms with Gasteiger partial charge in [-0.3, -0.25) is 0 Å². The van der Waals surface area contributed by atoms with Gasteiger partial charge >= 0.3 is 0 Å². The highest BCUT2D eigenvalue weighted by Gasteiger charge is 2.15. The summed E-state index contributed by atoms with van der Waals surface area (Å²) in [4.78, 5) is 1.42. The molecule has 0 amide bonds. The SMILES string of the molecule is CCCNC(Cc1cc(Br)cs1)c1ccccc1I. The van der Waals surface area contributed by atoms with E-state index in [1.54, 1.807) is 0 Å². The van der Waals surface area contributed by atoms with Gasteiger partial charge in [-0.15, -0.1) is 11.3 Å². The van der Waals surface area contributed by atoms with Gasteiger partial charge in [-0.2, -0.15) is 0 Å². The van der Waals surface area contributed by atoms with Crippen molar-refractivity contribution in [3.8, 4) is 0 Å². The molecule has 0 saturated carbocycles. The Morgan fingerprint density at radius 1 is 1.37 bits per heavy atom. The van der Waals surface area contributed by atoms with E-state index in [2.05, 4.69) is 86.5 Å². The molecule has 1 N–H and O–H groups in total. The molecular weight excluding hydrogens is 433 g/mol. The maximum atomic E-state index is 3.67. The van der Waals surface area contributed by atoms with Gasteiger partial charge in [0.15, 0.2) is 0 Å². The third-order valence-electron chi connectivity index (χ3n) is 2.95. The molecule has 1 aromatic heterocycles. The lowest BCUT2D eigenvalue weighted by Crippen LogP contribution is -2.24. The lowest BCUT2D eigenvalue weighted by molar-refractivity contribution is 0.530. The van der Waals surface area contributed by atoms with Crippen molar-refractivity contribution >= 4 is 49.9 Å². The van der Waals surface area contributed by atoms with Crippen molar-refractivity contribution in [3.63, 3.8) is 0 Å². The Labute approximate surface area is 141 Å². The summed E-state index contributed by atoms with van der Waals surface area (Å²) < 4.78 is 2.52. The van der Waals surface area contributed by atoms with Crippen LogP contribution in [0.2, 0.25) is 0 Å². The van der Waals surface area contributed by atoms with Crippen molar-refractivity contribution in [1.29, 1.82) is 0 Å². The Balaban J connectivity index is 2.18. The Bertz CT molecular complexity index is 526. The van der Waals surface area contributed by atoms with Crippen molar-refractivity contribution in [1.82, 2.24) is 5.32 Å². The fourth-order valence-corrected chi connectivity index (χ4v) is 4.29. The van der Waals surface area contributed by atoms with Gasteiger partial charge in [-0.1, -0.05) is 25.1 Å². The predicted molar refractivity (Wildman–Crippen MR) is 95.9 cm³/mol. The van der Waals surface area contributed by atoms with Gasteiger partial charge in [0.1, 0.15) is 0 Å². The van der Waals surface area contributed by atoms with E-state index in [4.69, 9.17) is 0 Å². The number of benzene rings is 1. The largest absolute Gasteiger partial charge is 0.310 e. The molecule has 0 bridgehead atoms. The van der Waals surface area contributed by atoms with Crippen molar-refractivity contribution in [2.24, 2.45) is 0 Å². The summed E-state index contributed by atoms with van der Waals surface area (Å²) in [5.41, 5.74) is 1.40. The second-order valence-corrected chi connectivity index (χ2v) is 7.54. The third kappa shape index (κ3) is 4.55. The van der Waals surface area contributed by atoms with Crippen LogP contribution in [-0.2, 0) is 6.42 Å². The van der Waals surface area contributed by atoms with Gasteiger partial charge in [-0.05, 0) is 69.2 Å². The first-order valence-electron chi connectivity index (χ1n) is 6.41. The van der Waals surface area contributed by atoms with Crippen molar-refractivity contribution in [2.75, 3.05) is 6.54 Å². The summed E-state index contributed by atoms with van der Waals surface area (Å²) >= 11 is 7.79. The zero-order chi connectivity index (χ0) is 13.7. The highest BCUT2D eigenvalue weighted by atomic mass is 127. The number of hydrogen-bond acceptors (Lipinski definition) is 2. The van der Waals surface area contributed by atoms with Crippen LogP contribution in [0, 0.1) is 3.57 Å². The molecule has 1 atom stereocenters. The minimum Gasteiger partial charge on any atom is -0.310 e. The van der Waals surface area contributed by atoms with Crippen LogP contribution in [0.25, 0.3) is 0 Å². The van der Waals surface area contributed by atoms with E-state index >= 15 is 0 Å². The van der Waals surface area contributed by atoms with Gasteiger partial charge in [0, 0.05) is 30.8 Å². The molecule has 0 spiro atoms. The number of nitrogens with one attached hydrogen (secondary N) is 1. The maximum absolute atomic E-state index is 3.67. The maximum Gasteiger partial charge on any atom is 0.0379 e. The van der Waals surface area contributed by atoms with E-state index in [-0.39, 0.29) is 0 Å². The van der Waals surface area contributed by atoms with Crippen LogP contribution in [0.1, 0.15) is 29.8 Å². The molecule has 4 heteroatoms.